The van der Waals surface area contributed by atoms with Crippen LogP contribution in [0.5, 0.6) is 0 Å². The van der Waals surface area contributed by atoms with E-state index in [1.54, 1.807) is 24.3 Å². The Morgan fingerprint density at radius 3 is 2.33 bits per heavy atom. The van der Waals surface area contributed by atoms with E-state index in [0.29, 0.717) is 16.8 Å². The topological polar surface area (TPSA) is 89.3 Å². The van der Waals surface area contributed by atoms with Gasteiger partial charge in [-0.3, -0.25) is 4.79 Å². The molecule has 126 valence electrons. The van der Waals surface area contributed by atoms with Gasteiger partial charge in [-0.25, -0.2) is 13.6 Å². The number of nitrogens with one attached hydrogen (secondary N) is 1. The lowest BCUT2D eigenvalue weighted by Gasteiger charge is -2.16. The molecule has 1 aliphatic carbocycles. The molecule has 0 atom stereocenters. The summed E-state index contributed by atoms with van der Waals surface area (Å²) in [6.07, 6.45) is 4.49. The average Bonchev–Trinajstić information content (AvgIpc) is 2.55. The number of primary sulfonamides is 1. The molecule has 2 aromatic carbocycles. The third kappa shape index (κ3) is 4.21. The van der Waals surface area contributed by atoms with Gasteiger partial charge in [0.2, 0.25) is 10.0 Å². The van der Waals surface area contributed by atoms with Gasteiger partial charge in [0.25, 0.3) is 5.91 Å². The molecule has 3 rings (SSSR count). The van der Waals surface area contributed by atoms with Crippen LogP contribution in [0.25, 0.3) is 0 Å². The number of hydrogen-bond acceptors (Lipinski definition) is 3. The normalized spacial score (nSPS) is 14.0. The number of benzene rings is 2. The van der Waals surface area contributed by atoms with E-state index < -0.39 is 10.0 Å². The molecule has 0 heterocycles. The molecule has 0 spiro atoms. The lowest BCUT2D eigenvalue weighted by atomic mass is 9.90. The highest BCUT2D eigenvalue weighted by atomic mass is 32.2. The summed E-state index contributed by atoms with van der Waals surface area (Å²) in [4.78, 5) is 12.4. The Labute approximate surface area is 141 Å². The first kappa shape index (κ1) is 16.7. The minimum absolute atomic E-state index is 0.164. The highest BCUT2D eigenvalue weighted by molar-refractivity contribution is 7.88. The van der Waals surface area contributed by atoms with Gasteiger partial charge in [-0.05, 0) is 66.6 Å². The second kappa shape index (κ2) is 6.75. The number of hydrogen-bond donors (Lipinski definition) is 2. The fraction of sp³-hybridized carbons (Fsp3) is 0.278. The molecule has 24 heavy (non-hydrogen) atoms. The largest absolute Gasteiger partial charge is 0.322 e. The Bertz CT molecular complexity index is 858. The standard InChI is InChI=1S/C18H20N2O3S/c19-24(22,23)12-13-5-9-17(10-6-13)20-18(21)16-8-7-14-3-1-2-4-15(14)11-16/h5-11H,1-4,12H2,(H,20,21)(H2,19,22,23). The van der Waals surface area contributed by atoms with Crippen molar-refractivity contribution in [2.45, 2.75) is 31.4 Å². The quantitative estimate of drug-likeness (QED) is 0.893. The van der Waals surface area contributed by atoms with Crippen LogP contribution in [-0.4, -0.2) is 14.3 Å². The van der Waals surface area contributed by atoms with Crippen LogP contribution in [-0.2, 0) is 28.6 Å². The molecular weight excluding hydrogens is 324 g/mol. The molecular formula is C18H20N2O3S. The SMILES string of the molecule is NS(=O)(=O)Cc1ccc(NC(=O)c2ccc3c(c2)CCCC3)cc1. The zero-order chi connectivity index (χ0) is 17.2. The first-order valence-electron chi connectivity index (χ1n) is 7.93. The number of rotatable bonds is 4. The molecule has 5 nitrogen and oxygen atoms in total. The average molecular weight is 344 g/mol. The maximum atomic E-state index is 12.4. The van der Waals surface area contributed by atoms with Crippen LogP contribution < -0.4 is 10.5 Å². The van der Waals surface area contributed by atoms with Crippen LogP contribution in [0, 0.1) is 0 Å². The highest BCUT2D eigenvalue weighted by Gasteiger charge is 2.13. The lowest BCUT2D eigenvalue weighted by Crippen LogP contribution is -2.15. The molecule has 3 N–H and O–H groups in total. The molecule has 0 radical (unpaired) electrons. The summed E-state index contributed by atoms with van der Waals surface area (Å²) < 4.78 is 22.1. The Balaban J connectivity index is 1.70. The van der Waals surface area contributed by atoms with E-state index in [-0.39, 0.29) is 11.7 Å². The summed E-state index contributed by atoms with van der Waals surface area (Å²) in [5.74, 6) is -0.381. The van der Waals surface area contributed by atoms with Crippen LogP contribution in [0.3, 0.4) is 0 Å². The van der Waals surface area contributed by atoms with Crippen molar-refractivity contribution in [3.8, 4) is 0 Å². The smallest absolute Gasteiger partial charge is 0.255 e. The third-order valence-electron chi connectivity index (χ3n) is 4.19. The summed E-state index contributed by atoms with van der Waals surface area (Å²) >= 11 is 0. The van der Waals surface area contributed by atoms with Crippen molar-refractivity contribution in [3.63, 3.8) is 0 Å². The van der Waals surface area contributed by atoms with Crippen molar-refractivity contribution in [3.05, 3.63) is 64.7 Å². The number of aryl methyl sites for hydroxylation is 2. The molecule has 0 aromatic heterocycles. The number of carbonyl (C=O) groups excluding carboxylic acids is 1. The molecule has 0 unspecified atom stereocenters. The minimum Gasteiger partial charge on any atom is -0.322 e. The van der Waals surface area contributed by atoms with Gasteiger partial charge in [0.1, 0.15) is 0 Å². The number of nitrogens with two attached hydrogens (primary N) is 1. The van der Waals surface area contributed by atoms with Crippen molar-refractivity contribution in [1.29, 1.82) is 0 Å². The zero-order valence-electron chi connectivity index (χ0n) is 13.3. The van der Waals surface area contributed by atoms with Gasteiger partial charge in [0.15, 0.2) is 0 Å². The molecule has 0 aliphatic heterocycles. The van der Waals surface area contributed by atoms with E-state index in [2.05, 4.69) is 5.32 Å². The second-order valence-electron chi connectivity index (χ2n) is 6.15. The molecule has 0 fully saturated rings. The Morgan fingerprint density at radius 1 is 1.00 bits per heavy atom. The van der Waals surface area contributed by atoms with Crippen molar-refractivity contribution < 1.29 is 13.2 Å². The summed E-state index contributed by atoms with van der Waals surface area (Å²) in [5, 5.41) is 7.86. The van der Waals surface area contributed by atoms with Gasteiger partial charge in [0.05, 0.1) is 5.75 Å². The summed E-state index contributed by atoms with van der Waals surface area (Å²) in [5.41, 5.74) is 4.45. The maximum Gasteiger partial charge on any atom is 0.255 e. The number of fused-ring (bicyclic) bond motifs is 1. The van der Waals surface area contributed by atoms with Gasteiger partial charge in [-0.1, -0.05) is 18.2 Å². The van der Waals surface area contributed by atoms with Crippen LogP contribution in [0.2, 0.25) is 0 Å². The number of anilines is 1. The van der Waals surface area contributed by atoms with E-state index in [1.165, 1.54) is 24.0 Å². The van der Waals surface area contributed by atoms with Crippen molar-refractivity contribution in [1.82, 2.24) is 0 Å². The Morgan fingerprint density at radius 2 is 1.67 bits per heavy atom. The van der Waals surface area contributed by atoms with Gasteiger partial charge in [-0.15, -0.1) is 0 Å². The van der Waals surface area contributed by atoms with Gasteiger partial charge >= 0.3 is 0 Å². The van der Waals surface area contributed by atoms with E-state index in [0.717, 1.165) is 12.8 Å². The number of carbonyl (C=O) groups is 1. The predicted molar refractivity (Wildman–Crippen MR) is 94.3 cm³/mol. The van der Waals surface area contributed by atoms with Crippen LogP contribution >= 0.6 is 0 Å². The van der Waals surface area contributed by atoms with Crippen LogP contribution in [0.1, 0.15) is 39.9 Å². The Hall–Kier alpha value is -2.18. The van der Waals surface area contributed by atoms with E-state index in [4.69, 9.17) is 5.14 Å². The molecule has 0 bridgehead atoms. The van der Waals surface area contributed by atoms with Gasteiger partial charge in [0, 0.05) is 11.3 Å². The number of amides is 1. The molecule has 1 amide bonds. The fourth-order valence-electron chi connectivity index (χ4n) is 2.99. The van der Waals surface area contributed by atoms with Crippen molar-refractivity contribution in [2.75, 3.05) is 5.32 Å². The molecule has 6 heteroatoms. The fourth-order valence-corrected chi connectivity index (χ4v) is 3.65. The summed E-state index contributed by atoms with van der Waals surface area (Å²) in [6.45, 7) is 0. The van der Waals surface area contributed by atoms with Gasteiger partial charge < -0.3 is 5.32 Å². The first-order valence-corrected chi connectivity index (χ1v) is 9.65. The minimum atomic E-state index is -3.55. The van der Waals surface area contributed by atoms with Crippen LogP contribution in [0.4, 0.5) is 5.69 Å². The van der Waals surface area contributed by atoms with E-state index >= 15 is 0 Å². The monoisotopic (exact) mass is 344 g/mol. The molecule has 0 saturated carbocycles. The van der Waals surface area contributed by atoms with Crippen molar-refractivity contribution >= 4 is 21.6 Å². The first-order chi connectivity index (χ1) is 11.4. The lowest BCUT2D eigenvalue weighted by molar-refractivity contribution is 0.102. The summed E-state index contributed by atoms with van der Waals surface area (Å²) in [6, 6.07) is 12.5. The number of sulfonamides is 1. The third-order valence-corrected chi connectivity index (χ3v) is 4.93. The maximum absolute atomic E-state index is 12.4. The predicted octanol–water partition coefficient (Wildman–Crippen LogP) is 2.61. The van der Waals surface area contributed by atoms with Crippen LogP contribution in [0.15, 0.2) is 42.5 Å². The zero-order valence-corrected chi connectivity index (χ0v) is 14.1. The molecule has 1 aliphatic rings. The summed E-state index contributed by atoms with van der Waals surface area (Å²) in [7, 11) is -3.55. The van der Waals surface area contributed by atoms with E-state index in [1.807, 2.05) is 18.2 Å². The molecule has 2 aromatic rings. The second-order valence-corrected chi connectivity index (χ2v) is 7.76. The highest BCUT2D eigenvalue weighted by Crippen LogP contribution is 2.22. The Kier molecular flexibility index (Phi) is 4.69. The van der Waals surface area contributed by atoms with Gasteiger partial charge in [-0.2, -0.15) is 0 Å². The molecule has 0 saturated heterocycles. The van der Waals surface area contributed by atoms with E-state index in [9.17, 15) is 13.2 Å². The van der Waals surface area contributed by atoms with Crippen molar-refractivity contribution in [2.24, 2.45) is 5.14 Å².